The summed E-state index contributed by atoms with van der Waals surface area (Å²) in [7, 11) is 0. The number of fused-ring (bicyclic) bond motifs is 1. The average molecular weight is 450 g/mol. The predicted molar refractivity (Wildman–Crippen MR) is 114 cm³/mol. The molecule has 3 amide bonds. The van der Waals surface area contributed by atoms with E-state index in [0.717, 1.165) is 0 Å². The largest absolute Gasteiger partial charge is 0.494 e. The molecule has 10 heteroatoms. The Morgan fingerprint density at radius 1 is 1.24 bits per heavy atom. The lowest BCUT2D eigenvalue weighted by Gasteiger charge is -2.29. The molecule has 3 heterocycles. The fraction of sp³-hybridized carbons (Fsp3) is 0.174. The standard InChI is InChI=1S/C23H19FN4O5/c1-13-19(33-12-25-13)10-32-18-5-3-2-4-17(18)23(21(30)26-22(31)27-23)11-28-9-14-6-7-15(24)8-16(14)20(28)29/h2-9,12,29H,10-11H2,1H3,(H2,26,27,30,31). The molecule has 0 bridgehead atoms. The van der Waals surface area contributed by atoms with Gasteiger partial charge in [0.25, 0.3) is 5.91 Å². The number of nitrogens with one attached hydrogen (secondary N) is 2. The van der Waals surface area contributed by atoms with Crippen molar-refractivity contribution in [3.05, 3.63) is 77.9 Å². The minimum absolute atomic E-state index is 0.0619. The summed E-state index contributed by atoms with van der Waals surface area (Å²) in [6, 6.07) is 10.1. The summed E-state index contributed by atoms with van der Waals surface area (Å²) in [5, 5.41) is 16.5. The van der Waals surface area contributed by atoms with Crippen LogP contribution in [0.4, 0.5) is 9.18 Å². The molecule has 1 fully saturated rings. The lowest BCUT2D eigenvalue weighted by atomic mass is 9.88. The molecule has 5 rings (SSSR count). The Morgan fingerprint density at radius 2 is 2.06 bits per heavy atom. The van der Waals surface area contributed by atoms with Crippen molar-refractivity contribution >= 4 is 22.7 Å². The summed E-state index contributed by atoms with van der Waals surface area (Å²) < 4.78 is 26.3. The second-order valence-electron chi connectivity index (χ2n) is 7.77. The zero-order valence-corrected chi connectivity index (χ0v) is 17.5. The smallest absolute Gasteiger partial charge is 0.322 e. The van der Waals surface area contributed by atoms with Crippen molar-refractivity contribution in [1.29, 1.82) is 0 Å². The average Bonchev–Trinajstić information content (AvgIpc) is 3.43. The molecular weight excluding hydrogens is 431 g/mol. The highest BCUT2D eigenvalue weighted by molar-refractivity contribution is 6.07. The predicted octanol–water partition coefficient (Wildman–Crippen LogP) is 3.10. The van der Waals surface area contributed by atoms with Crippen molar-refractivity contribution in [2.24, 2.45) is 0 Å². The molecule has 1 aliphatic rings. The van der Waals surface area contributed by atoms with Crippen LogP contribution in [0.15, 0.2) is 59.5 Å². The van der Waals surface area contributed by atoms with Gasteiger partial charge in [-0.05, 0) is 31.2 Å². The van der Waals surface area contributed by atoms with Crippen LogP contribution in [-0.4, -0.2) is 26.6 Å². The van der Waals surface area contributed by atoms with Crippen LogP contribution in [0.1, 0.15) is 17.0 Å². The third kappa shape index (κ3) is 3.45. The summed E-state index contributed by atoms with van der Waals surface area (Å²) in [4.78, 5) is 29.3. The van der Waals surface area contributed by atoms with Gasteiger partial charge in [-0.1, -0.05) is 18.2 Å². The third-order valence-corrected chi connectivity index (χ3v) is 5.72. The van der Waals surface area contributed by atoms with Crippen molar-refractivity contribution in [1.82, 2.24) is 20.2 Å². The van der Waals surface area contributed by atoms with E-state index in [-0.39, 0.29) is 19.0 Å². The number of rotatable bonds is 6. The molecule has 0 spiro atoms. The molecule has 4 aromatic rings. The van der Waals surface area contributed by atoms with Crippen molar-refractivity contribution in [3.63, 3.8) is 0 Å². The SMILES string of the molecule is Cc1ncoc1COc1ccccc1C1(Cn2cc3ccc(F)cc3c2O)NC(=O)NC1=O. The van der Waals surface area contributed by atoms with E-state index in [4.69, 9.17) is 9.15 Å². The van der Waals surface area contributed by atoms with Gasteiger partial charge in [0.15, 0.2) is 23.6 Å². The maximum atomic E-state index is 13.7. The molecule has 0 radical (unpaired) electrons. The number of aryl methyl sites for hydroxylation is 1. The lowest BCUT2D eigenvalue weighted by molar-refractivity contribution is -0.124. The van der Waals surface area contributed by atoms with Gasteiger partial charge in [-0.2, -0.15) is 0 Å². The summed E-state index contributed by atoms with van der Waals surface area (Å²) in [6.45, 7) is 1.68. The lowest BCUT2D eigenvalue weighted by Crippen LogP contribution is -2.47. The molecule has 0 saturated carbocycles. The highest BCUT2D eigenvalue weighted by Crippen LogP contribution is 2.37. The van der Waals surface area contributed by atoms with Crippen LogP contribution in [0, 0.1) is 12.7 Å². The Balaban J connectivity index is 1.57. The summed E-state index contributed by atoms with van der Waals surface area (Å²) in [6.07, 6.45) is 2.90. The molecule has 1 unspecified atom stereocenters. The van der Waals surface area contributed by atoms with Crippen molar-refractivity contribution in [2.75, 3.05) is 0 Å². The third-order valence-electron chi connectivity index (χ3n) is 5.72. The topological polar surface area (TPSA) is 119 Å². The zero-order chi connectivity index (χ0) is 23.2. The second kappa shape index (κ2) is 7.66. The Bertz CT molecular complexity index is 1390. The van der Waals surface area contributed by atoms with Gasteiger partial charge in [0.1, 0.15) is 18.2 Å². The van der Waals surface area contributed by atoms with Crippen LogP contribution < -0.4 is 15.4 Å². The number of imide groups is 1. The van der Waals surface area contributed by atoms with Crippen molar-refractivity contribution in [2.45, 2.75) is 25.6 Å². The molecule has 1 aliphatic heterocycles. The monoisotopic (exact) mass is 450 g/mol. The van der Waals surface area contributed by atoms with Gasteiger partial charge in [-0.15, -0.1) is 0 Å². The van der Waals surface area contributed by atoms with E-state index < -0.39 is 23.3 Å². The van der Waals surface area contributed by atoms with Crippen LogP contribution in [-0.2, 0) is 23.5 Å². The number of para-hydroxylation sites is 1. The van der Waals surface area contributed by atoms with Gasteiger partial charge in [0, 0.05) is 22.5 Å². The molecule has 0 aliphatic carbocycles. The van der Waals surface area contributed by atoms with Gasteiger partial charge in [0.2, 0.25) is 0 Å². The van der Waals surface area contributed by atoms with E-state index in [1.54, 1.807) is 37.4 Å². The first-order valence-electron chi connectivity index (χ1n) is 10.1. The summed E-state index contributed by atoms with van der Waals surface area (Å²) >= 11 is 0. The fourth-order valence-corrected chi connectivity index (χ4v) is 4.03. The highest BCUT2D eigenvalue weighted by Gasteiger charge is 2.50. The van der Waals surface area contributed by atoms with E-state index in [1.165, 1.54) is 29.2 Å². The molecular formula is C23H19FN4O5. The number of benzene rings is 2. The molecule has 3 N–H and O–H groups in total. The van der Waals surface area contributed by atoms with Gasteiger partial charge in [0.05, 0.1) is 12.2 Å². The number of halogens is 1. The second-order valence-corrected chi connectivity index (χ2v) is 7.77. The van der Waals surface area contributed by atoms with E-state index in [9.17, 15) is 19.1 Å². The number of amides is 3. The number of nitrogens with zero attached hydrogens (tertiary/aromatic N) is 2. The van der Waals surface area contributed by atoms with Crippen LogP contribution in [0.3, 0.4) is 0 Å². The number of urea groups is 1. The molecule has 9 nitrogen and oxygen atoms in total. The number of carbonyl (C=O) groups is 2. The first-order chi connectivity index (χ1) is 15.9. The summed E-state index contributed by atoms with van der Waals surface area (Å²) in [5.74, 6) is -0.474. The maximum absolute atomic E-state index is 13.7. The fourth-order valence-electron chi connectivity index (χ4n) is 4.03. The number of oxazole rings is 1. The van der Waals surface area contributed by atoms with Crippen LogP contribution >= 0.6 is 0 Å². The van der Waals surface area contributed by atoms with Gasteiger partial charge in [-0.3, -0.25) is 10.1 Å². The molecule has 2 aromatic heterocycles. The number of aromatic nitrogens is 2. The summed E-state index contributed by atoms with van der Waals surface area (Å²) in [5.41, 5.74) is -0.533. The van der Waals surface area contributed by atoms with Gasteiger partial charge >= 0.3 is 6.03 Å². The first kappa shape index (κ1) is 20.6. The molecule has 2 aromatic carbocycles. The molecule has 1 atom stereocenters. The van der Waals surface area contributed by atoms with Crippen LogP contribution in [0.2, 0.25) is 0 Å². The number of hydrogen-bond donors (Lipinski definition) is 3. The Morgan fingerprint density at radius 3 is 2.79 bits per heavy atom. The number of carbonyl (C=O) groups excluding carboxylic acids is 2. The number of aromatic hydroxyl groups is 1. The first-order valence-corrected chi connectivity index (χ1v) is 10.1. The highest BCUT2D eigenvalue weighted by atomic mass is 19.1. The molecule has 33 heavy (non-hydrogen) atoms. The van der Waals surface area contributed by atoms with E-state index in [0.29, 0.717) is 33.5 Å². The maximum Gasteiger partial charge on any atom is 0.322 e. The van der Waals surface area contributed by atoms with Gasteiger partial charge < -0.3 is 24.1 Å². The molecule has 1 saturated heterocycles. The minimum atomic E-state index is -1.59. The Hall–Kier alpha value is -4.34. The van der Waals surface area contributed by atoms with E-state index in [2.05, 4.69) is 15.6 Å². The van der Waals surface area contributed by atoms with Crippen LogP contribution in [0.5, 0.6) is 11.6 Å². The van der Waals surface area contributed by atoms with E-state index in [1.807, 2.05) is 0 Å². The van der Waals surface area contributed by atoms with Crippen LogP contribution in [0.25, 0.3) is 10.8 Å². The minimum Gasteiger partial charge on any atom is -0.494 e. The number of ether oxygens (including phenoxy) is 1. The zero-order valence-electron chi connectivity index (χ0n) is 17.5. The van der Waals surface area contributed by atoms with E-state index >= 15 is 0 Å². The molecule has 168 valence electrons. The quantitative estimate of drug-likeness (QED) is 0.389. The Kier molecular flexibility index (Phi) is 4.77. The van der Waals surface area contributed by atoms with Gasteiger partial charge in [-0.25, -0.2) is 14.2 Å². The normalized spacial score (nSPS) is 17.9. The van der Waals surface area contributed by atoms with Crippen molar-refractivity contribution in [3.8, 4) is 11.6 Å². The Labute approximate surface area is 186 Å². The van der Waals surface area contributed by atoms with Crippen molar-refractivity contribution < 1.29 is 28.2 Å². The number of hydrogen-bond acceptors (Lipinski definition) is 6.